The fourth-order valence-electron chi connectivity index (χ4n) is 1.40. The predicted octanol–water partition coefficient (Wildman–Crippen LogP) is 3.16. The maximum Gasteiger partial charge on any atom is 0.298 e. The van der Waals surface area contributed by atoms with Crippen LogP contribution in [0.4, 0.5) is 11.4 Å². The molecule has 2 aromatic rings. The number of hydrogen-bond donors (Lipinski definition) is 1. The molecule has 0 unspecified atom stereocenters. The van der Waals surface area contributed by atoms with Crippen molar-refractivity contribution in [2.45, 2.75) is 0 Å². The molecule has 6 nitrogen and oxygen atoms in total. The fraction of sp³-hybridized carbons (Fsp3) is 0. The minimum Gasteiger partial charge on any atom is -0.397 e. The number of nitrogens with zero attached hydrogens (tertiary/aromatic N) is 3. The number of nitrogens with two attached hydrogens (primary N) is 1. The van der Waals surface area contributed by atoms with E-state index >= 15 is 0 Å². The number of halogens is 2. The summed E-state index contributed by atoms with van der Waals surface area (Å²) in [6, 6.07) is 2.99. The van der Waals surface area contributed by atoms with E-state index in [0.29, 0.717) is 14.6 Å². The second-order valence-electron chi connectivity index (χ2n) is 3.37. The molecule has 2 N–H and O–H groups in total. The molecule has 0 atom stereocenters. The van der Waals surface area contributed by atoms with Crippen LogP contribution in [0.15, 0.2) is 33.5 Å². The van der Waals surface area contributed by atoms with Crippen LogP contribution in [-0.4, -0.2) is 14.9 Å². The normalized spacial score (nSPS) is 10.3. The number of rotatable bonds is 2. The molecule has 0 aliphatic rings. The Kier molecular flexibility index (Phi) is 3.58. The third kappa shape index (κ3) is 2.49. The molecule has 0 amide bonds. The summed E-state index contributed by atoms with van der Waals surface area (Å²) >= 11 is 6.36. The van der Waals surface area contributed by atoms with Crippen molar-refractivity contribution in [2.24, 2.45) is 0 Å². The zero-order valence-corrected chi connectivity index (χ0v) is 12.0. The number of pyridine rings is 2. The molecule has 8 heteroatoms. The minimum atomic E-state index is -0.518. The molecule has 0 spiro atoms. The zero-order valence-electron chi connectivity index (χ0n) is 8.80. The summed E-state index contributed by atoms with van der Waals surface area (Å²) in [7, 11) is 0. The van der Waals surface area contributed by atoms with Gasteiger partial charge in [-0.3, -0.25) is 15.1 Å². The Bertz CT molecular complexity index is 633. The molecule has 2 aromatic heterocycles. The van der Waals surface area contributed by atoms with Gasteiger partial charge in [0.1, 0.15) is 5.69 Å². The molecule has 0 radical (unpaired) electrons. The first-order valence-corrected chi connectivity index (χ1v) is 6.29. The van der Waals surface area contributed by atoms with Crippen LogP contribution in [0.5, 0.6) is 0 Å². The van der Waals surface area contributed by atoms with Gasteiger partial charge in [0.25, 0.3) is 5.69 Å². The van der Waals surface area contributed by atoms with E-state index < -0.39 is 4.92 Å². The van der Waals surface area contributed by atoms with Crippen LogP contribution in [0.3, 0.4) is 0 Å². The summed E-state index contributed by atoms with van der Waals surface area (Å²) in [5.74, 6) is 0. The lowest BCUT2D eigenvalue weighted by Gasteiger charge is -2.05. The number of hydrogen-bond acceptors (Lipinski definition) is 5. The lowest BCUT2D eigenvalue weighted by Crippen LogP contribution is -1.99. The van der Waals surface area contributed by atoms with E-state index in [-0.39, 0.29) is 17.1 Å². The van der Waals surface area contributed by atoms with E-state index in [9.17, 15) is 10.1 Å². The largest absolute Gasteiger partial charge is 0.397 e. The first-order valence-electron chi connectivity index (χ1n) is 4.70. The van der Waals surface area contributed by atoms with Crippen molar-refractivity contribution in [1.82, 2.24) is 9.97 Å². The van der Waals surface area contributed by atoms with Gasteiger partial charge in [-0.2, -0.15) is 0 Å². The summed E-state index contributed by atoms with van der Waals surface area (Å²) in [4.78, 5) is 18.6. The molecule has 0 fully saturated rings. The third-order valence-electron chi connectivity index (χ3n) is 2.14. The van der Waals surface area contributed by atoms with Gasteiger partial charge in [0.2, 0.25) is 0 Å². The van der Waals surface area contributed by atoms with Gasteiger partial charge >= 0.3 is 0 Å². The van der Waals surface area contributed by atoms with E-state index in [1.807, 2.05) is 0 Å². The fourth-order valence-corrected chi connectivity index (χ4v) is 2.07. The maximum atomic E-state index is 11.0. The Morgan fingerprint density at radius 3 is 2.22 bits per heavy atom. The standard InChI is InChI=1S/C10H6Br2N4O2/c11-5-1-7(13)9(14-3-5)10-8(16(17)18)2-6(12)4-15-10/h1-4H,13H2. The van der Waals surface area contributed by atoms with E-state index in [2.05, 4.69) is 41.8 Å². The van der Waals surface area contributed by atoms with Crippen molar-refractivity contribution < 1.29 is 4.92 Å². The third-order valence-corrected chi connectivity index (χ3v) is 3.01. The lowest BCUT2D eigenvalue weighted by atomic mass is 10.2. The molecule has 92 valence electrons. The smallest absolute Gasteiger partial charge is 0.298 e. The van der Waals surface area contributed by atoms with Gasteiger partial charge in [0, 0.05) is 27.4 Å². The van der Waals surface area contributed by atoms with Gasteiger partial charge in [0.05, 0.1) is 10.6 Å². The van der Waals surface area contributed by atoms with Gasteiger partial charge in [0.15, 0.2) is 5.69 Å². The summed E-state index contributed by atoms with van der Waals surface area (Å²) in [5, 5.41) is 11.0. The molecule has 2 rings (SSSR count). The zero-order chi connectivity index (χ0) is 13.3. The van der Waals surface area contributed by atoms with Crippen molar-refractivity contribution in [1.29, 1.82) is 0 Å². The van der Waals surface area contributed by atoms with Gasteiger partial charge in [-0.1, -0.05) is 0 Å². The maximum absolute atomic E-state index is 11.0. The molecule has 18 heavy (non-hydrogen) atoms. The summed E-state index contributed by atoms with van der Waals surface area (Å²) in [5.41, 5.74) is 6.40. The quantitative estimate of drug-likeness (QED) is 0.644. The highest BCUT2D eigenvalue weighted by molar-refractivity contribution is 9.10. The molecule has 0 aliphatic heterocycles. The van der Waals surface area contributed by atoms with Gasteiger partial charge in [-0.05, 0) is 37.9 Å². The Hall–Kier alpha value is -1.54. The number of nitrogen functional groups attached to an aromatic ring is 1. The minimum absolute atomic E-state index is 0.146. The number of anilines is 1. The molecule has 0 saturated heterocycles. The SMILES string of the molecule is Nc1cc(Br)cnc1-c1ncc(Br)cc1[N+](=O)[O-]. The first kappa shape index (κ1) is 12.9. The highest BCUT2D eigenvalue weighted by Gasteiger charge is 2.20. The molecular formula is C10H6Br2N4O2. The van der Waals surface area contributed by atoms with Crippen LogP contribution in [-0.2, 0) is 0 Å². The molecular weight excluding hydrogens is 368 g/mol. The van der Waals surface area contributed by atoms with Crippen LogP contribution < -0.4 is 5.73 Å². The van der Waals surface area contributed by atoms with Gasteiger partial charge < -0.3 is 5.73 Å². The van der Waals surface area contributed by atoms with Crippen LogP contribution in [0.25, 0.3) is 11.4 Å². The second kappa shape index (κ2) is 4.99. The van der Waals surface area contributed by atoms with Crippen molar-refractivity contribution in [2.75, 3.05) is 5.73 Å². The highest BCUT2D eigenvalue weighted by atomic mass is 79.9. The lowest BCUT2D eigenvalue weighted by molar-refractivity contribution is -0.384. The summed E-state index contributed by atoms with van der Waals surface area (Å²) in [6.45, 7) is 0. The Balaban J connectivity index is 2.67. The van der Waals surface area contributed by atoms with Crippen LogP contribution in [0.2, 0.25) is 0 Å². The average molecular weight is 374 g/mol. The summed E-state index contributed by atoms with van der Waals surface area (Å²) in [6.07, 6.45) is 2.98. The summed E-state index contributed by atoms with van der Waals surface area (Å²) < 4.78 is 1.22. The number of aromatic nitrogens is 2. The Labute approximate surface area is 119 Å². The van der Waals surface area contributed by atoms with Crippen molar-refractivity contribution in [3.05, 3.63) is 43.6 Å². The van der Waals surface area contributed by atoms with E-state index in [0.717, 1.165) is 0 Å². The van der Waals surface area contributed by atoms with Crippen LogP contribution in [0, 0.1) is 10.1 Å². The Morgan fingerprint density at radius 1 is 1.11 bits per heavy atom. The average Bonchev–Trinajstić information content (AvgIpc) is 2.29. The van der Waals surface area contributed by atoms with E-state index in [4.69, 9.17) is 5.73 Å². The van der Waals surface area contributed by atoms with E-state index in [1.54, 1.807) is 6.07 Å². The number of nitro groups is 1. The molecule has 0 bridgehead atoms. The molecule has 0 aliphatic carbocycles. The molecule has 0 aromatic carbocycles. The van der Waals surface area contributed by atoms with Crippen LogP contribution >= 0.6 is 31.9 Å². The van der Waals surface area contributed by atoms with Crippen molar-refractivity contribution >= 4 is 43.2 Å². The highest BCUT2D eigenvalue weighted by Crippen LogP contribution is 2.32. The van der Waals surface area contributed by atoms with Crippen LogP contribution in [0.1, 0.15) is 0 Å². The van der Waals surface area contributed by atoms with Gasteiger partial charge in [-0.25, -0.2) is 4.98 Å². The van der Waals surface area contributed by atoms with Crippen molar-refractivity contribution in [3.63, 3.8) is 0 Å². The predicted molar refractivity (Wildman–Crippen MR) is 73.9 cm³/mol. The van der Waals surface area contributed by atoms with E-state index in [1.165, 1.54) is 18.5 Å². The molecule has 2 heterocycles. The van der Waals surface area contributed by atoms with Crippen molar-refractivity contribution in [3.8, 4) is 11.4 Å². The second-order valence-corrected chi connectivity index (χ2v) is 5.20. The monoisotopic (exact) mass is 372 g/mol. The first-order chi connectivity index (χ1) is 8.49. The molecule has 0 saturated carbocycles. The topological polar surface area (TPSA) is 94.9 Å². The van der Waals surface area contributed by atoms with Gasteiger partial charge in [-0.15, -0.1) is 0 Å². The Morgan fingerprint density at radius 2 is 1.67 bits per heavy atom.